The van der Waals surface area contributed by atoms with E-state index < -0.39 is 0 Å². The van der Waals surface area contributed by atoms with Crippen molar-refractivity contribution in [2.45, 2.75) is 6.92 Å². The van der Waals surface area contributed by atoms with Crippen molar-refractivity contribution in [3.63, 3.8) is 0 Å². The van der Waals surface area contributed by atoms with Gasteiger partial charge in [-0.3, -0.25) is 9.78 Å². The summed E-state index contributed by atoms with van der Waals surface area (Å²) in [5.74, 6) is -0.0243. The van der Waals surface area contributed by atoms with Gasteiger partial charge in [0.2, 0.25) is 0 Å². The number of hydrogen-bond acceptors (Lipinski definition) is 4. The molecule has 1 rings (SSSR count). The van der Waals surface area contributed by atoms with Crippen LogP contribution in [0, 0.1) is 0 Å². The Morgan fingerprint density at radius 1 is 1.59 bits per heavy atom. The number of ketones is 1. The summed E-state index contributed by atoms with van der Waals surface area (Å²) >= 11 is 0. The summed E-state index contributed by atoms with van der Waals surface area (Å²) in [6.45, 7) is 7.37. The fourth-order valence-corrected chi connectivity index (χ4v) is 1.46. The van der Waals surface area contributed by atoms with E-state index in [4.69, 9.17) is 4.74 Å². The van der Waals surface area contributed by atoms with Crippen LogP contribution < -0.4 is 4.90 Å². The van der Waals surface area contributed by atoms with Gasteiger partial charge in [-0.15, -0.1) is 6.58 Å². The molecule has 0 saturated heterocycles. The van der Waals surface area contributed by atoms with E-state index in [0.717, 1.165) is 18.8 Å². The van der Waals surface area contributed by atoms with Gasteiger partial charge in [0, 0.05) is 27.1 Å². The summed E-state index contributed by atoms with van der Waals surface area (Å²) in [7, 11) is 1.67. The topological polar surface area (TPSA) is 42.4 Å². The Balaban J connectivity index is 2.79. The molecule has 0 aliphatic rings. The Kier molecular flexibility index (Phi) is 5.36. The molecule has 0 bridgehead atoms. The lowest BCUT2D eigenvalue weighted by Gasteiger charge is -2.22. The summed E-state index contributed by atoms with van der Waals surface area (Å²) in [5.41, 5.74) is 1.45. The maximum atomic E-state index is 11.1. The molecule has 4 heteroatoms. The third-order valence-electron chi connectivity index (χ3n) is 2.39. The van der Waals surface area contributed by atoms with Gasteiger partial charge in [-0.2, -0.15) is 0 Å². The average molecular weight is 234 g/mol. The summed E-state index contributed by atoms with van der Waals surface area (Å²) in [6, 6.07) is 3.63. The van der Waals surface area contributed by atoms with Gasteiger partial charge in [0.05, 0.1) is 18.5 Å². The van der Waals surface area contributed by atoms with Crippen LogP contribution in [-0.4, -0.2) is 37.6 Å². The fraction of sp³-hybridized carbons (Fsp3) is 0.385. The molecule has 0 radical (unpaired) electrons. The summed E-state index contributed by atoms with van der Waals surface area (Å²) < 4.78 is 5.05. The van der Waals surface area contributed by atoms with Gasteiger partial charge < -0.3 is 9.64 Å². The molecule has 0 amide bonds. The average Bonchev–Trinajstić information content (AvgIpc) is 2.34. The number of nitrogens with zero attached hydrogens (tertiary/aromatic N) is 2. The Labute approximate surface area is 102 Å². The summed E-state index contributed by atoms with van der Waals surface area (Å²) in [5, 5.41) is 0. The zero-order valence-electron chi connectivity index (χ0n) is 10.3. The first-order valence-electron chi connectivity index (χ1n) is 5.50. The molecule has 0 spiro atoms. The van der Waals surface area contributed by atoms with E-state index in [-0.39, 0.29) is 5.78 Å². The van der Waals surface area contributed by atoms with Crippen molar-refractivity contribution in [3.8, 4) is 0 Å². The minimum absolute atomic E-state index is 0.0243. The molecule has 0 N–H and O–H groups in total. The zero-order chi connectivity index (χ0) is 12.7. The van der Waals surface area contributed by atoms with E-state index >= 15 is 0 Å². The van der Waals surface area contributed by atoms with E-state index in [1.54, 1.807) is 19.4 Å². The van der Waals surface area contributed by atoms with E-state index in [0.29, 0.717) is 12.3 Å². The van der Waals surface area contributed by atoms with Crippen molar-refractivity contribution in [3.05, 3.63) is 36.7 Å². The van der Waals surface area contributed by atoms with Gasteiger partial charge in [-0.25, -0.2) is 0 Å². The third-order valence-corrected chi connectivity index (χ3v) is 2.39. The number of hydrogen-bond donors (Lipinski definition) is 0. The number of carbonyl (C=O) groups excluding carboxylic acids is 1. The van der Waals surface area contributed by atoms with E-state index in [2.05, 4.69) is 16.5 Å². The first-order valence-corrected chi connectivity index (χ1v) is 5.50. The molecule has 1 heterocycles. The summed E-state index contributed by atoms with van der Waals surface area (Å²) in [6.07, 6.45) is 3.53. The molecule has 0 unspecified atom stereocenters. The summed E-state index contributed by atoms with van der Waals surface area (Å²) in [4.78, 5) is 17.3. The molecule has 0 atom stereocenters. The molecule has 0 aromatic carbocycles. The Morgan fingerprint density at radius 3 is 2.82 bits per heavy atom. The van der Waals surface area contributed by atoms with Gasteiger partial charge in [0.15, 0.2) is 5.78 Å². The monoisotopic (exact) mass is 234 g/mol. The molecule has 1 aromatic heterocycles. The number of aromatic nitrogens is 1. The lowest BCUT2D eigenvalue weighted by molar-refractivity contribution is 0.101. The van der Waals surface area contributed by atoms with Crippen molar-refractivity contribution in [1.29, 1.82) is 0 Å². The molecule has 17 heavy (non-hydrogen) atoms. The Bertz CT molecular complexity index is 374. The van der Waals surface area contributed by atoms with Crippen LogP contribution in [-0.2, 0) is 4.74 Å². The maximum Gasteiger partial charge on any atom is 0.178 e. The number of rotatable bonds is 7. The highest BCUT2D eigenvalue weighted by Gasteiger charge is 2.06. The second kappa shape index (κ2) is 6.81. The molecule has 1 aromatic rings. The smallest absolute Gasteiger partial charge is 0.178 e. The quantitative estimate of drug-likeness (QED) is 0.534. The highest BCUT2D eigenvalue weighted by atomic mass is 16.5. The van der Waals surface area contributed by atoms with Crippen molar-refractivity contribution < 1.29 is 9.53 Å². The number of ether oxygens (including phenoxy) is 1. The van der Waals surface area contributed by atoms with Crippen molar-refractivity contribution in [1.82, 2.24) is 4.98 Å². The second-order valence-electron chi connectivity index (χ2n) is 3.69. The SMILES string of the molecule is C=CCN(CCOC)c1ccc(C(C)=O)nc1. The van der Waals surface area contributed by atoms with Gasteiger partial charge in [0.1, 0.15) is 5.69 Å². The number of anilines is 1. The number of carbonyl (C=O) groups is 1. The molecular weight excluding hydrogens is 216 g/mol. The number of pyridine rings is 1. The highest BCUT2D eigenvalue weighted by molar-refractivity contribution is 5.92. The van der Waals surface area contributed by atoms with E-state index in [1.807, 2.05) is 12.1 Å². The van der Waals surface area contributed by atoms with Crippen LogP contribution in [0.1, 0.15) is 17.4 Å². The standard InChI is InChI=1S/C13H18N2O2/c1-4-7-15(8-9-17-3)12-5-6-13(11(2)16)14-10-12/h4-6,10H,1,7-9H2,2-3H3. The van der Waals surface area contributed by atoms with Crippen molar-refractivity contribution in [2.24, 2.45) is 0 Å². The first-order chi connectivity index (χ1) is 8.19. The normalized spacial score (nSPS) is 10.0. The molecule has 0 aliphatic carbocycles. The Hall–Kier alpha value is -1.68. The van der Waals surface area contributed by atoms with Crippen molar-refractivity contribution >= 4 is 11.5 Å². The van der Waals surface area contributed by atoms with Gasteiger partial charge in [0.25, 0.3) is 0 Å². The first kappa shape index (κ1) is 13.4. The van der Waals surface area contributed by atoms with E-state index in [1.165, 1.54) is 6.92 Å². The van der Waals surface area contributed by atoms with Crippen LogP contribution in [0.25, 0.3) is 0 Å². The van der Waals surface area contributed by atoms with Crippen LogP contribution in [0.2, 0.25) is 0 Å². The molecular formula is C13H18N2O2. The molecule has 0 fully saturated rings. The van der Waals surface area contributed by atoms with Gasteiger partial charge >= 0.3 is 0 Å². The third kappa shape index (κ3) is 4.00. The molecule has 0 saturated carbocycles. The number of methoxy groups -OCH3 is 1. The lowest BCUT2D eigenvalue weighted by Crippen LogP contribution is -2.27. The van der Waals surface area contributed by atoms with Crippen LogP contribution in [0.5, 0.6) is 0 Å². The minimum Gasteiger partial charge on any atom is -0.383 e. The van der Waals surface area contributed by atoms with E-state index in [9.17, 15) is 4.79 Å². The van der Waals surface area contributed by atoms with Crippen LogP contribution in [0.4, 0.5) is 5.69 Å². The minimum atomic E-state index is -0.0243. The second-order valence-corrected chi connectivity index (χ2v) is 3.69. The molecule has 92 valence electrons. The van der Waals surface area contributed by atoms with Crippen molar-refractivity contribution in [2.75, 3.05) is 31.7 Å². The van der Waals surface area contributed by atoms with Crippen LogP contribution in [0.15, 0.2) is 31.0 Å². The Morgan fingerprint density at radius 2 is 2.35 bits per heavy atom. The van der Waals surface area contributed by atoms with Gasteiger partial charge in [-0.1, -0.05) is 6.08 Å². The maximum absolute atomic E-state index is 11.1. The fourth-order valence-electron chi connectivity index (χ4n) is 1.46. The van der Waals surface area contributed by atoms with Crippen LogP contribution >= 0.6 is 0 Å². The largest absolute Gasteiger partial charge is 0.383 e. The van der Waals surface area contributed by atoms with Gasteiger partial charge in [-0.05, 0) is 12.1 Å². The molecule has 4 nitrogen and oxygen atoms in total. The predicted octanol–water partition coefficient (Wildman–Crippen LogP) is 1.92. The lowest BCUT2D eigenvalue weighted by atomic mass is 10.2. The highest BCUT2D eigenvalue weighted by Crippen LogP contribution is 2.13. The zero-order valence-corrected chi connectivity index (χ0v) is 10.3. The predicted molar refractivity (Wildman–Crippen MR) is 68.5 cm³/mol. The number of Topliss-reactive ketones (excluding diaryl/α,β-unsaturated/α-hetero) is 1. The molecule has 0 aliphatic heterocycles. The van der Waals surface area contributed by atoms with Crippen LogP contribution in [0.3, 0.4) is 0 Å².